The molecule has 7 heteroatoms. The molecule has 0 unspecified atom stereocenters. The van der Waals surface area contributed by atoms with Crippen molar-refractivity contribution in [3.63, 3.8) is 0 Å². The largest absolute Gasteiger partial charge is 0.350 e. The maximum absolute atomic E-state index is 14.2. The molecule has 2 aromatic rings. The summed E-state index contributed by atoms with van der Waals surface area (Å²) in [6.45, 7) is 7.38. The molecule has 0 aliphatic carbocycles. The van der Waals surface area contributed by atoms with E-state index in [4.69, 9.17) is 11.6 Å². The lowest BCUT2D eigenvalue weighted by molar-refractivity contribution is -0.141. The molecule has 0 radical (unpaired) electrons. The Morgan fingerprint density at radius 2 is 1.77 bits per heavy atom. The number of carbonyl (C=O) groups excluding carboxylic acids is 2. The van der Waals surface area contributed by atoms with Crippen LogP contribution in [0.3, 0.4) is 0 Å². The predicted octanol–water partition coefficient (Wildman–Crippen LogP) is 5.68. The zero-order valence-corrected chi connectivity index (χ0v) is 20.0. The van der Waals surface area contributed by atoms with Crippen LogP contribution in [0.1, 0.15) is 46.1 Å². The van der Waals surface area contributed by atoms with Crippen molar-refractivity contribution in [2.45, 2.75) is 63.6 Å². The first kappa shape index (κ1) is 25.2. The molecule has 0 saturated heterocycles. The molecule has 0 aliphatic heterocycles. The zero-order chi connectivity index (χ0) is 23.0. The highest BCUT2D eigenvalue weighted by Gasteiger charge is 2.28. The first-order valence-electron chi connectivity index (χ1n) is 10.3. The molecule has 4 nitrogen and oxygen atoms in total. The van der Waals surface area contributed by atoms with E-state index in [0.29, 0.717) is 17.0 Å². The van der Waals surface area contributed by atoms with Gasteiger partial charge in [0, 0.05) is 34.0 Å². The first-order chi connectivity index (χ1) is 14.6. The number of nitrogens with zero attached hydrogens (tertiary/aromatic N) is 1. The van der Waals surface area contributed by atoms with Gasteiger partial charge in [0.15, 0.2) is 0 Å². The number of nitrogens with one attached hydrogen (secondary N) is 1. The van der Waals surface area contributed by atoms with Crippen LogP contribution in [0.25, 0.3) is 0 Å². The lowest BCUT2D eigenvalue weighted by atomic mass is 10.1. The van der Waals surface area contributed by atoms with Crippen molar-refractivity contribution in [3.05, 3.63) is 64.9 Å². The monoisotopic (exact) mass is 464 g/mol. The second kappa shape index (κ2) is 11.5. The minimum Gasteiger partial charge on any atom is -0.350 e. The molecule has 0 aromatic heterocycles. The van der Waals surface area contributed by atoms with Crippen molar-refractivity contribution in [1.82, 2.24) is 10.2 Å². The van der Waals surface area contributed by atoms with Crippen LogP contribution in [0, 0.1) is 5.82 Å². The third-order valence-corrected chi connectivity index (χ3v) is 5.93. The van der Waals surface area contributed by atoms with E-state index in [0.717, 1.165) is 10.6 Å². The third kappa shape index (κ3) is 8.54. The highest BCUT2D eigenvalue weighted by Crippen LogP contribution is 2.22. The van der Waals surface area contributed by atoms with Crippen LogP contribution in [0.5, 0.6) is 0 Å². The van der Waals surface area contributed by atoms with E-state index in [9.17, 15) is 14.0 Å². The average molecular weight is 465 g/mol. The normalized spacial score (nSPS) is 12.3. The zero-order valence-electron chi connectivity index (χ0n) is 18.5. The number of benzene rings is 2. The van der Waals surface area contributed by atoms with Crippen molar-refractivity contribution in [1.29, 1.82) is 0 Å². The molecule has 0 bridgehead atoms. The van der Waals surface area contributed by atoms with Crippen LogP contribution in [0.4, 0.5) is 4.39 Å². The summed E-state index contributed by atoms with van der Waals surface area (Å²) in [7, 11) is 0. The van der Waals surface area contributed by atoms with Crippen LogP contribution in [-0.2, 0) is 16.1 Å². The maximum atomic E-state index is 14.2. The summed E-state index contributed by atoms with van der Waals surface area (Å²) in [4.78, 5) is 28.3. The fourth-order valence-corrected chi connectivity index (χ4v) is 3.93. The van der Waals surface area contributed by atoms with Gasteiger partial charge < -0.3 is 10.2 Å². The Hall–Kier alpha value is -2.05. The molecule has 2 amide bonds. The van der Waals surface area contributed by atoms with Gasteiger partial charge in [-0.25, -0.2) is 4.39 Å². The molecule has 31 heavy (non-hydrogen) atoms. The van der Waals surface area contributed by atoms with E-state index < -0.39 is 11.6 Å². The summed E-state index contributed by atoms with van der Waals surface area (Å²) in [5.41, 5.74) is -0.0328. The number of thioether (sulfide) groups is 1. The van der Waals surface area contributed by atoms with E-state index in [1.807, 2.05) is 45.0 Å². The predicted molar refractivity (Wildman–Crippen MR) is 126 cm³/mol. The fourth-order valence-electron chi connectivity index (χ4n) is 2.95. The van der Waals surface area contributed by atoms with Gasteiger partial charge in [-0.3, -0.25) is 9.59 Å². The third-order valence-electron chi connectivity index (χ3n) is 4.58. The number of amides is 2. The molecule has 1 N–H and O–H groups in total. The minimum absolute atomic E-state index is 0.0502. The number of halogens is 2. The first-order valence-corrected chi connectivity index (χ1v) is 11.7. The average Bonchev–Trinajstić information content (AvgIpc) is 2.70. The molecule has 2 rings (SSSR count). The van der Waals surface area contributed by atoms with Gasteiger partial charge in [0.1, 0.15) is 11.9 Å². The van der Waals surface area contributed by atoms with E-state index >= 15 is 0 Å². The SMILES string of the molecule is C[C@H](C(=O)NC(C)(C)C)N(Cc1ccccc1F)C(=O)CCCSc1ccc(Cl)cc1. The maximum Gasteiger partial charge on any atom is 0.242 e. The van der Waals surface area contributed by atoms with Crippen LogP contribution in [0.2, 0.25) is 5.02 Å². The molecule has 0 heterocycles. The molecule has 0 fully saturated rings. The number of rotatable bonds is 9. The van der Waals surface area contributed by atoms with E-state index in [1.165, 1.54) is 11.0 Å². The summed E-state index contributed by atoms with van der Waals surface area (Å²) in [6, 6.07) is 13.2. The lowest BCUT2D eigenvalue weighted by Crippen LogP contribution is -2.52. The summed E-state index contributed by atoms with van der Waals surface area (Å²) < 4.78 is 14.2. The highest BCUT2D eigenvalue weighted by atomic mass is 35.5. The van der Waals surface area contributed by atoms with Crippen LogP contribution in [0.15, 0.2) is 53.4 Å². The number of hydrogen-bond donors (Lipinski definition) is 1. The van der Waals surface area contributed by atoms with Crippen LogP contribution >= 0.6 is 23.4 Å². The van der Waals surface area contributed by atoms with Crippen molar-refractivity contribution >= 4 is 35.2 Å². The second-order valence-electron chi connectivity index (χ2n) is 8.43. The Morgan fingerprint density at radius 1 is 1.13 bits per heavy atom. The van der Waals surface area contributed by atoms with Gasteiger partial charge in [-0.2, -0.15) is 0 Å². The summed E-state index contributed by atoms with van der Waals surface area (Å²) in [6.07, 6.45) is 0.926. The van der Waals surface area contributed by atoms with Gasteiger partial charge in [0.25, 0.3) is 0 Å². The van der Waals surface area contributed by atoms with Crippen molar-refractivity contribution in [2.75, 3.05) is 5.75 Å². The molecular weight excluding hydrogens is 435 g/mol. The molecule has 1 atom stereocenters. The minimum atomic E-state index is -0.713. The number of hydrogen-bond acceptors (Lipinski definition) is 3. The van der Waals surface area contributed by atoms with Crippen molar-refractivity contribution < 1.29 is 14.0 Å². The molecule has 0 aliphatic rings. The highest BCUT2D eigenvalue weighted by molar-refractivity contribution is 7.99. The van der Waals surface area contributed by atoms with Gasteiger partial charge in [-0.15, -0.1) is 11.8 Å². The van der Waals surface area contributed by atoms with E-state index in [2.05, 4.69) is 5.32 Å². The standard InChI is InChI=1S/C24H30ClFN2O2S/c1-17(23(30)27-24(2,3)4)28(16-18-8-5-6-9-21(18)26)22(29)10-7-15-31-20-13-11-19(25)12-14-20/h5-6,8-9,11-14,17H,7,10,15-16H2,1-4H3,(H,27,30)/t17-/m1/s1. The summed E-state index contributed by atoms with van der Waals surface area (Å²) in [5.74, 6) is -0.0602. The van der Waals surface area contributed by atoms with Crippen molar-refractivity contribution in [3.8, 4) is 0 Å². The van der Waals surface area contributed by atoms with Crippen LogP contribution < -0.4 is 5.32 Å². The lowest BCUT2D eigenvalue weighted by Gasteiger charge is -2.31. The van der Waals surface area contributed by atoms with Gasteiger partial charge in [0.05, 0.1) is 0 Å². The second-order valence-corrected chi connectivity index (χ2v) is 10.0. The Bertz CT molecular complexity index is 884. The summed E-state index contributed by atoms with van der Waals surface area (Å²) >= 11 is 7.55. The Morgan fingerprint density at radius 3 is 2.39 bits per heavy atom. The Kier molecular flexibility index (Phi) is 9.38. The molecule has 168 valence electrons. The van der Waals surface area contributed by atoms with E-state index in [1.54, 1.807) is 36.9 Å². The van der Waals surface area contributed by atoms with Crippen molar-refractivity contribution in [2.24, 2.45) is 0 Å². The Labute approximate surface area is 193 Å². The molecule has 0 saturated carbocycles. The molecule has 0 spiro atoms. The Balaban J connectivity index is 2.03. The van der Waals surface area contributed by atoms with Gasteiger partial charge >= 0.3 is 0 Å². The van der Waals surface area contributed by atoms with Crippen LogP contribution in [-0.4, -0.2) is 34.0 Å². The molecule has 2 aromatic carbocycles. The number of carbonyl (C=O) groups is 2. The van der Waals surface area contributed by atoms with Gasteiger partial charge in [-0.05, 0) is 70.2 Å². The van der Waals surface area contributed by atoms with E-state index in [-0.39, 0.29) is 30.6 Å². The van der Waals surface area contributed by atoms with Gasteiger partial charge in [-0.1, -0.05) is 29.8 Å². The van der Waals surface area contributed by atoms with Gasteiger partial charge in [0.2, 0.25) is 11.8 Å². The topological polar surface area (TPSA) is 49.4 Å². The molecular formula is C24H30ClFN2O2S. The fraction of sp³-hybridized carbons (Fsp3) is 0.417. The smallest absolute Gasteiger partial charge is 0.242 e. The quantitative estimate of drug-likeness (QED) is 0.383. The summed E-state index contributed by atoms with van der Waals surface area (Å²) in [5, 5.41) is 3.59.